The van der Waals surface area contributed by atoms with E-state index in [2.05, 4.69) is 31.0 Å². The van der Waals surface area contributed by atoms with Gasteiger partial charge in [0, 0.05) is 10.9 Å². The van der Waals surface area contributed by atoms with Crippen molar-refractivity contribution in [2.45, 2.75) is 20.8 Å². The van der Waals surface area contributed by atoms with Gasteiger partial charge in [-0.3, -0.25) is 0 Å². The van der Waals surface area contributed by atoms with E-state index in [1.165, 1.54) is 0 Å². The van der Waals surface area contributed by atoms with Crippen molar-refractivity contribution in [1.82, 2.24) is 9.97 Å². The number of nitrogens with two attached hydrogens (primary N) is 1. The summed E-state index contributed by atoms with van der Waals surface area (Å²) in [4.78, 5) is 9.22. The third-order valence-electron chi connectivity index (χ3n) is 3.66. The van der Waals surface area contributed by atoms with Crippen LogP contribution in [0.1, 0.15) is 16.7 Å². The highest BCUT2D eigenvalue weighted by Gasteiger charge is 2.12. The summed E-state index contributed by atoms with van der Waals surface area (Å²) in [7, 11) is 0. The summed E-state index contributed by atoms with van der Waals surface area (Å²) < 4.78 is 0. The van der Waals surface area contributed by atoms with E-state index in [1.54, 1.807) is 0 Å². The van der Waals surface area contributed by atoms with Crippen LogP contribution in [0.3, 0.4) is 0 Å². The Kier molecular flexibility index (Phi) is 2.90. The summed E-state index contributed by atoms with van der Waals surface area (Å²) in [6.45, 7) is 6.17. The number of hydrogen-bond acceptors (Lipinski definition) is 3. The van der Waals surface area contributed by atoms with Crippen molar-refractivity contribution in [1.29, 1.82) is 0 Å². The topological polar surface area (TPSA) is 51.8 Å². The molecule has 0 aliphatic carbocycles. The van der Waals surface area contributed by atoms with E-state index in [0.29, 0.717) is 11.6 Å². The molecule has 0 amide bonds. The smallest absolute Gasteiger partial charge is 0.162 e. The molecule has 0 radical (unpaired) electrons. The van der Waals surface area contributed by atoms with E-state index < -0.39 is 0 Å². The molecule has 3 rings (SSSR count). The van der Waals surface area contributed by atoms with Crippen LogP contribution < -0.4 is 5.73 Å². The monoisotopic (exact) mass is 263 g/mol. The van der Waals surface area contributed by atoms with Gasteiger partial charge in [0.05, 0.1) is 5.52 Å². The fourth-order valence-electron chi connectivity index (χ4n) is 2.67. The molecule has 3 heteroatoms. The van der Waals surface area contributed by atoms with Gasteiger partial charge < -0.3 is 5.73 Å². The number of aromatic nitrogens is 2. The van der Waals surface area contributed by atoms with E-state index in [0.717, 1.165) is 33.2 Å². The molecule has 0 saturated carbocycles. The van der Waals surface area contributed by atoms with Gasteiger partial charge in [0.25, 0.3) is 0 Å². The van der Waals surface area contributed by atoms with Gasteiger partial charge >= 0.3 is 0 Å². The van der Waals surface area contributed by atoms with Crippen molar-refractivity contribution in [2.24, 2.45) is 0 Å². The SMILES string of the molecule is Cc1cccc(C)c1-c1nc(N)c2c(C)cccc2n1. The first kappa shape index (κ1) is 12.6. The molecule has 0 unspecified atom stereocenters. The molecule has 1 heterocycles. The lowest BCUT2D eigenvalue weighted by atomic mass is 10.0. The minimum Gasteiger partial charge on any atom is -0.383 e. The van der Waals surface area contributed by atoms with Crippen molar-refractivity contribution >= 4 is 16.7 Å². The van der Waals surface area contributed by atoms with E-state index in [-0.39, 0.29) is 0 Å². The van der Waals surface area contributed by atoms with Crippen LogP contribution in [-0.2, 0) is 0 Å². The second-order valence-corrected chi connectivity index (χ2v) is 5.17. The van der Waals surface area contributed by atoms with Gasteiger partial charge in [-0.15, -0.1) is 0 Å². The lowest BCUT2D eigenvalue weighted by molar-refractivity contribution is 1.20. The van der Waals surface area contributed by atoms with Crippen LogP contribution in [0.25, 0.3) is 22.3 Å². The number of rotatable bonds is 1. The second-order valence-electron chi connectivity index (χ2n) is 5.17. The Hall–Kier alpha value is -2.42. The summed E-state index contributed by atoms with van der Waals surface area (Å²) in [6, 6.07) is 12.2. The molecule has 0 fully saturated rings. The minimum atomic E-state index is 0.547. The lowest BCUT2D eigenvalue weighted by Crippen LogP contribution is -2.01. The van der Waals surface area contributed by atoms with Gasteiger partial charge in [-0.2, -0.15) is 0 Å². The normalized spacial score (nSPS) is 10.9. The van der Waals surface area contributed by atoms with Crippen LogP contribution >= 0.6 is 0 Å². The molecule has 0 aliphatic heterocycles. The zero-order valence-corrected chi connectivity index (χ0v) is 11.9. The molecule has 0 bridgehead atoms. The molecule has 3 aromatic rings. The van der Waals surface area contributed by atoms with Crippen LogP contribution in [0.2, 0.25) is 0 Å². The first-order valence-corrected chi connectivity index (χ1v) is 6.67. The molecule has 0 saturated heterocycles. The molecule has 2 aromatic carbocycles. The Morgan fingerprint density at radius 1 is 0.800 bits per heavy atom. The predicted molar refractivity (Wildman–Crippen MR) is 83.6 cm³/mol. The van der Waals surface area contributed by atoms with Gasteiger partial charge in [0.1, 0.15) is 5.82 Å². The highest BCUT2D eigenvalue weighted by molar-refractivity contribution is 5.92. The maximum absolute atomic E-state index is 6.14. The van der Waals surface area contributed by atoms with Gasteiger partial charge in [0.2, 0.25) is 0 Å². The number of aryl methyl sites for hydroxylation is 3. The van der Waals surface area contributed by atoms with Crippen LogP contribution in [0.15, 0.2) is 36.4 Å². The number of nitrogen functional groups attached to an aromatic ring is 1. The van der Waals surface area contributed by atoms with Gasteiger partial charge in [-0.25, -0.2) is 9.97 Å². The first-order chi connectivity index (χ1) is 9.58. The lowest BCUT2D eigenvalue weighted by Gasteiger charge is -2.11. The number of anilines is 1. The fourth-order valence-corrected chi connectivity index (χ4v) is 2.67. The molecule has 0 aliphatic rings. The molecular formula is C17H17N3. The Balaban J connectivity index is 2.34. The third kappa shape index (κ3) is 1.92. The zero-order chi connectivity index (χ0) is 14.3. The molecule has 20 heavy (non-hydrogen) atoms. The highest BCUT2D eigenvalue weighted by atomic mass is 14.9. The number of benzene rings is 2. The molecular weight excluding hydrogens is 246 g/mol. The number of fused-ring (bicyclic) bond motifs is 1. The van der Waals surface area contributed by atoms with Crippen molar-refractivity contribution in [3.05, 3.63) is 53.1 Å². The minimum absolute atomic E-state index is 0.547. The molecule has 1 aromatic heterocycles. The average molecular weight is 263 g/mol. The summed E-state index contributed by atoms with van der Waals surface area (Å²) in [5.41, 5.74) is 11.5. The first-order valence-electron chi connectivity index (χ1n) is 6.67. The fraction of sp³-hybridized carbons (Fsp3) is 0.176. The van der Waals surface area contributed by atoms with E-state index in [1.807, 2.05) is 31.2 Å². The van der Waals surface area contributed by atoms with Gasteiger partial charge in [-0.05, 0) is 43.5 Å². The van der Waals surface area contributed by atoms with Crippen molar-refractivity contribution in [3.8, 4) is 11.4 Å². The summed E-state index contributed by atoms with van der Waals surface area (Å²) >= 11 is 0. The highest BCUT2D eigenvalue weighted by Crippen LogP contribution is 2.29. The quantitative estimate of drug-likeness (QED) is 0.726. The molecule has 0 atom stereocenters. The Bertz CT molecular complexity index is 786. The van der Waals surface area contributed by atoms with Gasteiger partial charge in [0.15, 0.2) is 5.82 Å². The molecule has 2 N–H and O–H groups in total. The third-order valence-corrected chi connectivity index (χ3v) is 3.66. The van der Waals surface area contributed by atoms with E-state index in [4.69, 9.17) is 10.7 Å². The van der Waals surface area contributed by atoms with Crippen LogP contribution in [-0.4, -0.2) is 9.97 Å². The summed E-state index contributed by atoms with van der Waals surface area (Å²) in [6.07, 6.45) is 0. The maximum Gasteiger partial charge on any atom is 0.162 e. The predicted octanol–water partition coefficient (Wildman–Crippen LogP) is 3.80. The Morgan fingerprint density at radius 3 is 2.10 bits per heavy atom. The number of nitrogens with zero attached hydrogens (tertiary/aromatic N) is 2. The van der Waals surface area contributed by atoms with Crippen molar-refractivity contribution in [3.63, 3.8) is 0 Å². The average Bonchev–Trinajstić information content (AvgIpc) is 2.38. The molecule has 100 valence electrons. The maximum atomic E-state index is 6.14. The summed E-state index contributed by atoms with van der Waals surface area (Å²) in [5.74, 6) is 1.25. The standard InChI is InChI=1S/C17H17N3/c1-10-6-4-7-11(2)14(10)17-19-13-9-5-8-12(3)15(13)16(18)20-17/h4-9H,1-3H3,(H2,18,19,20). The van der Waals surface area contributed by atoms with E-state index in [9.17, 15) is 0 Å². The van der Waals surface area contributed by atoms with Crippen molar-refractivity contribution < 1.29 is 0 Å². The van der Waals surface area contributed by atoms with Crippen molar-refractivity contribution in [2.75, 3.05) is 5.73 Å². The zero-order valence-electron chi connectivity index (χ0n) is 11.9. The van der Waals surface area contributed by atoms with E-state index >= 15 is 0 Å². The largest absolute Gasteiger partial charge is 0.383 e. The second kappa shape index (κ2) is 4.60. The summed E-state index contributed by atoms with van der Waals surface area (Å²) in [5, 5.41) is 0.947. The van der Waals surface area contributed by atoms with Crippen LogP contribution in [0.5, 0.6) is 0 Å². The Morgan fingerprint density at radius 2 is 1.40 bits per heavy atom. The molecule has 0 spiro atoms. The molecule has 3 nitrogen and oxygen atoms in total. The number of hydrogen-bond donors (Lipinski definition) is 1. The van der Waals surface area contributed by atoms with Gasteiger partial charge in [-0.1, -0.05) is 30.3 Å². The van der Waals surface area contributed by atoms with Crippen LogP contribution in [0.4, 0.5) is 5.82 Å². The van der Waals surface area contributed by atoms with Crippen LogP contribution in [0, 0.1) is 20.8 Å². The Labute approximate surface area is 118 Å².